The zero-order valence-corrected chi connectivity index (χ0v) is 29.0. The first-order valence-electron chi connectivity index (χ1n) is 18.3. The summed E-state index contributed by atoms with van der Waals surface area (Å²) >= 11 is 0. The van der Waals surface area contributed by atoms with E-state index in [-0.39, 0.29) is 0 Å². The second-order valence-electron chi connectivity index (χ2n) is 14.2. The van der Waals surface area contributed by atoms with E-state index in [0.29, 0.717) is 0 Å². The molecule has 12 aromatic rings. The van der Waals surface area contributed by atoms with Crippen LogP contribution in [0.2, 0.25) is 0 Å². The van der Waals surface area contributed by atoms with Crippen LogP contribution in [-0.2, 0) is 0 Å². The van der Waals surface area contributed by atoms with Crippen molar-refractivity contribution in [3.63, 3.8) is 0 Å². The maximum Gasteiger partial charge on any atom is 0.136 e. The molecule has 12 rings (SSSR count). The smallest absolute Gasteiger partial charge is 0.136 e. The summed E-state index contributed by atoms with van der Waals surface area (Å²) in [6.07, 6.45) is 0. The number of fused-ring (bicyclic) bond motifs is 11. The molecule has 0 N–H and O–H groups in total. The summed E-state index contributed by atoms with van der Waals surface area (Å²) in [7, 11) is 0. The van der Waals surface area contributed by atoms with Crippen LogP contribution in [-0.4, -0.2) is 14.5 Å². The highest BCUT2D eigenvalue weighted by Crippen LogP contribution is 2.43. The van der Waals surface area contributed by atoms with E-state index in [1.165, 1.54) is 48.7 Å². The van der Waals surface area contributed by atoms with Crippen LogP contribution in [0.15, 0.2) is 180 Å². The van der Waals surface area contributed by atoms with Gasteiger partial charge in [0.05, 0.1) is 39.1 Å². The quantitative estimate of drug-likeness (QED) is 0.186. The van der Waals surface area contributed by atoms with Crippen molar-refractivity contribution >= 4 is 87.1 Å². The van der Waals surface area contributed by atoms with E-state index in [9.17, 15) is 0 Å². The van der Waals surface area contributed by atoms with Gasteiger partial charge < -0.3 is 8.98 Å². The van der Waals surface area contributed by atoms with Gasteiger partial charge in [-0.2, -0.15) is 0 Å². The van der Waals surface area contributed by atoms with Gasteiger partial charge in [0.2, 0.25) is 0 Å². The normalized spacial score (nSPS) is 12.1. The van der Waals surface area contributed by atoms with Crippen LogP contribution in [0.4, 0.5) is 0 Å². The summed E-state index contributed by atoms with van der Waals surface area (Å²) in [6.45, 7) is 0. The lowest BCUT2D eigenvalue weighted by Crippen LogP contribution is -2.00. The Morgan fingerprint density at radius 2 is 0.981 bits per heavy atom. The molecule has 0 aliphatic rings. The summed E-state index contributed by atoms with van der Waals surface area (Å²) in [6, 6.07) is 62.6. The first-order valence-corrected chi connectivity index (χ1v) is 18.3. The van der Waals surface area contributed by atoms with E-state index in [1.54, 1.807) is 0 Å². The fraction of sp³-hybridized carbons (Fsp3) is 0. The van der Waals surface area contributed by atoms with Crippen molar-refractivity contribution in [3.8, 4) is 28.2 Å². The molecule has 4 heteroatoms. The number of aromatic nitrogens is 3. The molecule has 0 radical (unpaired) electrons. The minimum Gasteiger partial charge on any atom is -0.456 e. The second-order valence-corrected chi connectivity index (χ2v) is 14.2. The van der Waals surface area contributed by atoms with Crippen LogP contribution in [0.3, 0.4) is 0 Å². The number of hydrogen-bond acceptors (Lipinski definition) is 3. The third-order valence-corrected chi connectivity index (χ3v) is 11.1. The van der Waals surface area contributed by atoms with Crippen molar-refractivity contribution in [1.29, 1.82) is 0 Å². The van der Waals surface area contributed by atoms with Gasteiger partial charge in [0.15, 0.2) is 0 Å². The van der Waals surface area contributed by atoms with Crippen LogP contribution in [0, 0.1) is 0 Å². The lowest BCUT2D eigenvalue weighted by molar-refractivity contribution is 0.669. The van der Waals surface area contributed by atoms with E-state index in [1.807, 2.05) is 36.4 Å². The topological polar surface area (TPSA) is 43.9 Å². The van der Waals surface area contributed by atoms with Crippen molar-refractivity contribution < 1.29 is 4.42 Å². The van der Waals surface area contributed by atoms with Crippen molar-refractivity contribution in [3.05, 3.63) is 176 Å². The zero-order chi connectivity index (χ0) is 35.3. The summed E-state index contributed by atoms with van der Waals surface area (Å²) in [5.41, 5.74) is 10.5. The number of para-hydroxylation sites is 3. The monoisotopic (exact) mass is 687 g/mol. The van der Waals surface area contributed by atoms with Gasteiger partial charge in [0.1, 0.15) is 11.2 Å². The van der Waals surface area contributed by atoms with E-state index in [4.69, 9.17) is 14.4 Å². The lowest BCUT2D eigenvalue weighted by Gasteiger charge is -2.17. The highest BCUT2D eigenvalue weighted by atomic mass is 16.3. The molecule has 4 nitrogen and oxygen atoms in total. The predicted octanol–water partition coefficient (Wildman–Crippen LogP) is 13.4. The predicted molar refractivity (Wildman–Crippen MR) is 225 cm³/mol. The van der Waals surface area contributed by atoms with Gasteiger partial charge in [-0.3, -0.25) is 0 Å². The molecule has 0 atom stereocenters. The standard InChI is InChI=1S/C50H29N3O/c1-2-13-32-27-45-41(26-31(32)12-1)40-24-21-30-11-3-6-16-37(30)50(40)53(45)44-28-35(25-33-14-4-5-15-36(33)44)49-48(51-42-18-8-9-19-43(42)52-49)34-22-23-39-38-17-7-10-20-46(38)54-47(39)29-34/h1-29H. The Hall–Kier alpha value is -7.30. The SMILES string of the molecule is c1ccc2cc3c(cc2c1)c1ccc2ccccc2c1n3-c1cc(-c2nc3ccccc3nc2-c2ccc3c(c2)oc2ccccc23)cc2ccccc12. The Morgan fingerprint density at radius 1 is 0.370 bits per heavy atom. The van der Waals surface area contributed by atoms with Gasteiger partial charge in [0.25, 0.3) is 0 Å². The molecule has 0 saturated heterocycles. The molecule has 3 aromatic heterocycles. The minimum atomic E-state index is 0.816. The van der Waals surface area contributed by atoms with Crippen molar-refractivity contribution in [1.82, 2.24) is 14.5 Å². The molecule has 250 valence electrons. The lowest BCUT2D eigenvalue weighted by atomic mass is 9.98. The van der Waals surface area contributed by atoms with Crippen LogP contribution in [0.5, 0.6) is 0 Å². The van der Waals surface area contributed by atoms with Crippen molar-refractivity contribution in [2.75, 3.05) is 0 Å². The molecule has 9 aromatic carbocycles. The van der Waals surface area contributed by atoms with E-state index >= 15 is 0 Å². The molecule has 54 heavy (non-hydrogen) atoms. The number of benzene rings is 9. The largest absolute Gasteiger partial charge is 0.456 e. The molecule has 0 unspecified atom stereocenters. The first kappa shape index (κ1) is 29.3. The van der Waals surface area contributed by atoms with Crippen molar-refractivity contribution in [2.24, 2.45) is 0 Å². The maximum absolute atomic E-state index is 6.37. The molecular weight excluding hydrogens is 659 g/mol. The summed E-state index contributed by atoms with van der Waals surface area (Å²) < 4.78 is 8.86. The van der Waals surface area contributed by atoms with E-state index < -0.39 is 0 Å². The van der Waals surface area contributed by atoms with Gasteiger partial charge in [0, 0.05) is 43.4 Å². The molecule has 3 heterocycles. The Morgan fingerprint density at radius 3 is 1.80 bits per heavy atom. The molecule has 0 amide bonds. The van der Waals surface area contributed by atoms with E-state index in [0.717, 1.165) is 66.6 Å². The minimum absolute atomic E-state index is 0.816. The number of hydrogen-bond donors (Lipinski definition) is 0. The molecule has 0 aliphatic carbocycles. The Labute approximate surface area is 309 Å². The van der Waals surface area contributed by atoms with Gasteiger partial charge in [-0.05, 0) is 76.1 Å². The number of nitrogens with zero attached hydrogens (tertiary/aromatic N) is 3. The van der Waals surface area contributed by atoms with Crippen LogP contribution >= 0.6 is 0 Å². The van der Waals surface area contributed by atoms with Crippen LogP contribution in [0.1, 0.15) is 0 Å². The maximum atomic E-state index is 6.37. The third kappa shape index (κ3) is 4.25. The fourth-order valence-electron chi connectivity index (χ4n) is 8.60. The Kier molecular flexibility index (Phi) is 6.02. The van der Waals surface area contributed by atoms with Crippen molar-refractivity contribution in [2.45, 2.75) is 0 Å². The molecule has 0 fully saturated rings. The Bertz CT molecular complexity index is 3520. The molecule has 0 saturated carbocycles. The van der Waals surface area contributed by atoms with Gasteiger partial charge in [-0.15, -0.1) is 0 Å². The van der Waals surface area contributed by atoms with Gasteiger partial charge >= 0.3 is 0 Å². The average molecular weight is 688 g/mol. The highest BCUT2D eigenvalue weighted by molar-refractivity contribution is 6.21. The zero-order valence-electron chi connectivity index (χ0n) is 29.0. The number of rotatable bonds is 3. The second kappa shape index (κ2) is 11.1. The molecule has 0 aliphatic heterocycles. The van der Waals surface area contributed by atoms with Crippen LogP contribution < -0.4 is 0 Å². The summed E-state index contributed by atoms with van der Waals surface area (Å²) in [4.78, 5) is 10.7. The third-order valence-electron chi connectivity index (χ3n) is 11.1. The van der Waals surface area contributed by atoms with E-state index in [2.05, 4.69) is 144 Å². The fourth-order valence-corrected chi connectivity index (χ4v) is 8.60. The average Bonchev–Trinajstić information content (AvgIpc) is 3.77. The molecular formula is C50H29N3O. The van der Waals surface area contributed by atoms with Crippen LogP contribution in [0.25, 0.3) is 115 Å². The summed E-state index contributed by atoms with van der Waals surface area (Å²) in [5.74, 6) is 0. The Balaban J connectivity index is 1.20. The number of furan rings is 1. The molecule has 0 bridgehead atoms. The van der Waals surface area contributed by atoms with Gasteiger partial charge in [-0.25, -0.2) is 9.97 Å². The molecule has 0 spiro atoms. The summed E-state index contributed by atoms with van der Waals surface area (Å²) in [5, 5.41) is 11.8. The first-order chi connectivity index (χ1) is 26.7. The highest BCUT2D eigenvalue weighted by Gasteiger charge is 2.21. The van der Waals surface area contributed by atoms with Gasteiger partial charge in [-0.1, -0.05) is 121 Å².